The normalized spacial score (nSPS) is 14.9. The van der Waals surface area contributed by atoms with Crippen LogP contribution in [0.1, 0.15) is 48.5 Å². The lowest BCUT2D eigenvalue weighted by Gasteiger charge is -2.38. The first-order chi connectivity index (χ1) is 7.95. The number of imide groups is 1. The maximum Gasteiger partial charge on any atom is 0.417 e. The first-order valence-electron chi connectivity index (χ1n) is 5.96. The Labute approximate surface area is 108 Å². The lowest BCUT2D eigenvalue weighted by molar-refractivity contribution is -0.140. The Bertz CT molecular complexity index is 343. The molecular weight excluding hydrogens is 234 g/mol. The van der Waals surface area contributed by atoms with Crippen LogP contribution in [0.4, 0.5) is 4.79 Å². The zero-order chi connectivity index (χ0) is 14.7. The van der Waals surface area contributed by atoms with Gasteiger partial charge in [-0.3, -0.25) is 4.79 Å². The topological polar surface area (TPSA) is 63.7 Å². The molecule has 0 N–H and O–H groups in total. The summed E-state index contributed by atoms with van der Waals surface area (Å²) in [7, 11) is 0. The van der Waals surface area contributed by atoms with Crippen LogP contribution in [-0.2, 0) is 14.3 Å². The molecule has 0 radical (unpaired) electrons. The van der Waals surface area contributed by atoms with E-state index in [1.165, 1.54) is 6.92 Å². The van der Waals surface area contributed by atoms with Gasteiger partial charge >= 0.3 is 6.09 Å². The number of ether oxygens (including phenoxy) is 1. The molecule has 0 aromatic heterocycles. The molecule has 5 heteroatoms. The van der Waals surface area contributed by atoms with Gasteiger partial charge in [0.2, 0.25) is 5.91 Å². The molecule has 0 aromatic carbocycles. The number of amides is 2. The second-order valence-electron chi connectivity index (χ2n) is 5.83. The minimum Gasteiger partial charge on any atom is -0.443 e. The fourth-order valence-electron chi connectivity index (χ4n) is 1.42. The number of hydrogen-bond acceptors (Lipinski definition) is 4. The molecule has 104 valence electrons. The van der Waals surface area contributed by atoms with E-state index in [-0.39, 0.29) is 5.92 Å². The van der Waals surface area contributed by atoms with Gasteiger partial charge in [0.05, 0.1) is 0 Å². The first kappa shape index (κ1) is 16.6. The summed E-state index contributed by atoms with van der Waals surface area (Å²) in [5.74, 6) is -0.709. The van der Waals surface area contributed by atoms with Crippen LogP contribution in [0.2, 0.25) is 0 Å². The summed E-state index contributed by atoms with van der Waals surface area (Å²) in [5, 5.41) is 0. The van der Waals surface area contributed by atoms with Gasteiger partial charge in [0.15, 0.2) is 0 Å². The van der Waals surface area contributed by atoms with Gasteiger partial charge in [0, 0.05) is 6.92 Å². The quantitative estimate of drug-likeness (QED) is 0.728. The van der Waals surface area contributed by atoms with Crippen LogP contribution in [0.3, 0.4) is 0 Å². The molecule has 0 rings (SSSR count). The van der Waals surface area contributed by atoms with E-state index in [0.717, 1.165) is 4.90 Å². The minimum absolute atomic E-state index is 0.202. The molecular formula is C13H23NO4. The SMILES string of the molecule is CC(=O)N(C(=O)OC(C)(C)C)C(C)(C=O)C(C)C. The molecule has 0 bridgehead atoms. The smallest absolute Gasteiger partial charge is 0.417 e. The average molecular weight is 257 g/mol. The van der Waals surface area contributed by atoms with E-state index in [9.17, 15) is 14.4 Å². The van der Waals surface area contributed by atoms with Gasteiger partial charge < -0.3 is 9.53 Å². The summed E-state index contributed by atoms with van der Waals surface area (Å²) in [6, 6.07) is 0. The standard InChI is InChI=1S/C13H23NO4/c1-9(2)13(7,8-15)14(10(3)16)11(17)18-12(4,5)6/h8-9H,1-7H3. The van der Waals surface area contributed by atoms with Crippen LogP contribution in [0.15, 0.2) is 0 Å². The fourth-order valence-corrected chi connectivity index (χ4v) is 1.42. The Morgan fingerprint density at radius 3 is 1.83 bits per heavy atom. The van der Waals surface area contributed by atoms with Gasteiger partial charge in [-0.1, -0.05) is 13.8 Å². The Kier molecular flexibility index (Phi) is 5.08. The van der Waals surface area contributed by atoms with E-state index < -0.39 is 23.1 Å². The van der Waals surface area contributed by atoms with Crippen molar-refractivity contribution in [2.24, 2.45) is 5.92 Å². The molecule has 0 heterocycles. The van der Waals surface area contributed by atoms with Crippen molar-refractivity contribution < 1.29 is 19.1 Å². The van der Waals surface area contributed by atoms with Crippen LogP contribution in [0.5, 0.6) is 0 Å². The monoisotopic (exact) mass is 257 g/mol. The van der Waals surface area contributed by atoms with Gasteiger partial charge in [0.25, 0.3) is 0 Å². The number of carbonyl (C=O) groups excluding carboxylic acids is 3. The molecule has 0 saturated carbocycles. The molecule has 0 aliphatic carbocycles. The Balaban J connectivity index is 5.39. The number of carbonyl (C=O) groups is 3. The second-order valence-corrected chi connectivity index (χ2v) is 5.83. The Hall–Kier alpha value is -1.39. The molecule has 18 heavy (non-hydrogen) atoms. The Morgan fingerprint density at radius 2 is 1.61 bits per heavy atom. The summed E-state index contributed by atoms with van der Waals surface area (Å²) in [5.41, 5.74) is -1.92. The highest BCUT2D eigenvalue weighted by Crippen LogP contribution is 2.25. The van der Waals surface area contributed by atoms with Crippen molar-refractivity contribution in [1.29, 1.82) is 0 Å². The van der Waals surface area contributed by atoms with E-state index in [1.807, 2.05) is 0 Å². The first-order valence-corrected chi connectivity index (χ1v) is 5.96. The molecule has 0 aliphatic rings. The number of nitrogens with zero attached hydrogens (tertiary/aromatic N) is 1. The second kappa shape index (κ2) is 5.50. The summed E-state index contributed by atoms with van der Waals surface area (Å²) in [4.78, 5) is 35.8. The number of hydrogen-bond donors (Lipinski definition) is 0. The summed E-state index contributed by atoms with van der Waals surface area (Å²) in [6.07, 6.45) is -0.179. The van der Waals surface area contributed by atoms with Crippen molar-refractivity contribution in [3.05, 3.63) is 0 Å². The minimum atomic E-state index is -1.20. The zero-order valence-corrected chi connectivity index (χ0v) is 12.2. The van der Waals surface area contributed by atoms with Crippen LogP contribution in [0, 0.1) is 5.92 Å². The lowest BCUT2D eigenvalue weighted by atomic mass is 9.88. The van der Waals surface area contributed by atoms with E-state index in [4.69, 9.17) is 4.74 Å². The van der Waals surface area contributed by atoms with Gasteiger partial charge in [-0.2, -0.15) is 0 Å². The molecule has 0 spiro atoms. The summed E-state index contributed by atoms with van der Waals surface area (Å²) < 4.78 is 5.17. The highest BCUT2D eigenvalue weighted by atomic mass is 16.6. The zero-order valence-electron chi connectivity index (χ0n) is 12.2. The number of aldehydes is 1. The lowest BCUT2D eigenvalue weighted by Crippen LogP contribution is -2.57. The van der Waals surface area contributed by atoms with E-state index in [1.54, 1.807) is 41.5 Å². The fraction of sp³-hybridized carbons (Fsp3) is 0.769. The van der Waals surface area contributed by atoms with Gasteiger partial charge in [0.1, 0.15) is 17.4 Å². The molecule has 0 fully saturated rings. The van der Waals surface area contributed by atoms with Gasteiger partial charge in [-0.05, 0) is 33.6 Å². The third-order valence-corrected chi connectivity index (χ3v) is 2.78. The maximum absolute atomic E-state index is 12.0. The maximum atomic E-state index is 12.0. The van der Waals surface area contributed by atoms with E-state index >= 15 is 0 Å². The van der Waals surface area contributed by atoms with E-state index in [0.29, 0.717) is 6.29 Å². The molecule has 0 aliphatic heterocycles. The van der Waals surface area contributed by atoms with E-state index in [2.05, 4.69) is 0 Å². The third-order valence-electron chi connectivity index (χ3n) is 2.78. The van der Waals surface area contributed by atoms with Crippen LogP contribution >= 0.6 is 0 Å². The molecule has 2 amide bonds. The summed E-state index contributed by atoms with van der Waals surface area (Å²) >= 11 is 0. The molecule has 0 saturated heterocycles. The average Bonchev–Trinajstić information content (AvgIpc) is 2.13. The van der Waals surface area contributed by atoms with Crippen LogP contribution < -0.4 is 0 Å². The molecule has 0 aromatic rings. The molecule has 1 atom stereocenters. The van der Waals surface area contributed by atoms with Crippen molar-refractivity contribution in [2.45, 2.75) is 59.6 Å². The number of rotatable bonds is 3. The Morgan fingerprint density at radius 1 is 1.17 bits per heavy atom. The highest BCUT2D eigenvalue weighted by Gasteiger charge is 2.42. The van der Waals surface area contributed by atoms with Gasteiger partial charge in [-0.25, -0.2) is 9.69 Å². The predicted octanol–water partition coefficient (Wildman–Crippen LogP) is 2.38. The van der Waals surface area contributed by atoms with Crippen molar-refractivity contribution in [1.82, 2.24) is 4.90 Å². The van der Waals surface area contributed by atoms with Crippen LogP contribution in [-0.4, -0.2) is 34.3 Å². The molecule has 5 nitrogen and oxygen atoms in total. The van der Waals surface area contributed by atoms with Crippen LogP contribution in [0.25, 0.3) is 0 Å². The van der Waals surface area contributed by atoms with Crippen molar-refractivity contribution >= 4 is 18.3 Å². The molecule has 1 unspecified atom stereocenters. The highest BCUT2D eigenvalue weighted by molar-refractivity contribution is 5.95. The van der Waals surface area contributed by atoms with Crippen molar-refractivity contribution in [3.8, 4) is 0 Å². The predicted molar refractivity (Wildman–Crippen MR) is 68.1 cm³/mol. The largest absolute Gasteiger partial charge is 0.443 e. The third kappa shape index (κ3) is 3.82. The van der Waals surface area contributed by atoms with Gasteiger partial charge in [-0.15, -0.1) is 0 Å². The van der Waals surface area contributed by atoms with Crippen molar-refractivity contribution in [3.63, 3.8) is 0 Å². The summed E-state index contributed by atoms with van der Waals surface area (Å²) in [6.45, 7) is 11.5. The van der Waals surface area contributed by atoms with Crippen molar-refractivity contribution in [2.75, 3.05) is 0 Å².